The van der Waals surface area contributed by atoms with E-state index in [0.29, 0.717) is 24.7 Å². The first-order valence-corrected chi connectivity index (χ1v) is 19.9. The molecule has 4 aromatic heterocycles. The number of nitrogens with zero attached hydrogens (tertiary/aromatic N) is 12. The van der Waals surface area contributed by atoms with Gasteiger partial charge in [0.2, 0.25) is 11.6 Å². The largest absolute Gasteiger partial charge is 0.497 e. The van der Waals surface area contributed by atoms with Gasteiger partial charge < -0.3 is 9.47 Å². The van der Waals surface area contributed by atoms with E-state index in [0.717, 1.165) is 66.3 Å². The number of aromatic nitrogens is 12. The summed E-state index contributed by atoms with van der Waals surface area (Å²) in [5, 5.41) is 38.8. The van der Waals surface area contributed by atoms with Crippen molar-refractivity contribution in [2.24, 2.45) is 0 Å². The molecule has 4 heterocycles. The Hall–Kier alpha value is -6.26. The lowest BCUT2D eigenvalue weighted by Crippen LogP contribution is -2.04. The standard InChI is InChI=1S/C40H38N12O2S2/c1-25-7-17-35(27(3)19-25)51-39(33(21-41-51)37-43-47-49(45-37)23-29-9-13-31(53-5)14-10-29)55-56-40-34(22-42-52(40)36-18-8-26(2)20-28(36)4)38-44-48-50(46-38)24-30-11-15-32(54-6)16-12-30/h7-22H,23-24H2,1-6H3. The zero-order valence-corrected chi connectivity index (χ0v) is 33.3. The van der Waals surface area contributed by atoms with Gasteiger partial charge in [-0.15, -0.1) is 20.4 Å². The highest BCUT2D eigenvalue weighted by molar-refractivity contribution is 8.76. The number of aryl methyl sites for hydroxylation is 4. The average molecular weight is 783 g/mol. The molecule has 56 heavy (non-hydrogen) atoms. The molecule has 4 aromatic carbocycles. The first-order valence-electron chi connectivity index (χ1n) is 17.7. The van der Waals surface area contributed by atoms with Gasteiger partial charge >= 0.3 is 0 Å². The summed E-state index contributed by atoms with van der Waals surface area (Å²) >= 11 is 0. The quantitative estimate of drug-likeness (QED) is 0.107. The molecule has 8 rings (SSSR count). The second kappa shape index (κ2) is 15.8. The molecular formula is C40H38N12O2S2. The van der Waals surface area contributed by atoms with E-state index in [2.05, 4.69) is 84.7 Å². The molecule has 0 bridgehead atoms. The van der Waals surface area contributed by atoms with Crippen LogP contribution in [0.25, 0.3) is 34.2 Å². The summed E-state index contributed by atoms with van der Waals surface area (Å²) in [6.45, 7) is 9.23. The molecule has 8 aromatic rings. The average Bonchev–Trinajstić information content (AvgIpc) is 4.02. The molecule has 0 N–H and O–H groups in total. The predicted octanol–water partition coefficient (Wildman–Crippen LogP) is 7.51. The summed E-state index contributed by atoms with van der Waals surface area (Å²) in [7, 11) is 6.36. The Labute approximate surface area is 331 Å². The van der Waals surface area contributed by atoms with E-state index in [1.807, 2.05) is 57.9 Å². The number of tetrazole rings is 2. The van der Waals surface area contributed by atoms with E-state index < -0.39 is 0 Å². The summed E-state index contributed by atoms with van der Waals surface area (Å²) in [6.07, 6.45) is 3.59. The minimum Gasteiger partial charge on any atom is -0.497 e. The van der Waals surface area contributed by atoms with E-state index in [1.165, 1.54) is 32.7 Å². The van der Waals surface area contributed by atoms with Crippen LogP contribution in [0.15, 0.2) is 107 Å². The van der Waals surface area contributed by atoms with Crippen LogP contribution in [0.4, 0.5) is 0 Å². The number of benzene rings is 4. The lowest BCUT2D eigenvalue weighted by molar-refractivity contribution is 0.414. The van der Waals surface area contributed by atoms with E-state index in [1.54, 1.807) is 36.2 Å². The second-order valence-corrected chi connectivity index (χ2v) is 15.4. The lowest BCUT2D eigenvalue weighted by atomic mass is 10.1. The van der Waals surface area contributed by atoms with Crippen LogP contribution in [-0.2, 0) is 13.1 Å². The van der Waals surface area contributed by atoms with Gasteiger partial charge in [0.1, 0.15) is 21.6 Å². The maximum absolute atomic E-state index is 5.32. The van der Waals surface area contributed by atoms with E-state index in [9.17, 15) is 0 Å². The topological polar surface area (TPSA) is 141 Å². The predicted molar refractivity (Wildman–Crippen MR) is 216 cm³/mol. The van der Waals surface area contributed by atoms with Gasteiger partial charge in [0.15, 0.2) is 0 Å². The van der Waals surface area contributed by atoms with Gasteiger partial charge in [0.25, 0.3) is 0 Å². The molecule has 0 unspecified atom stereocenters. The van der Waals surface area contributed by atoms with Crippen molar-refractivity contribution in [2.45, 2.75) is 50.8 Å². The van der Waals surface area contributed by atoms with Crippen LogP contribution in [-0.4, -0.2) is 74.2 Å². The molecule has 282 valence electrons. The summed E-state index contributed by atoms with van der Waals surface area (Å²) in [5.74, 6) is 2.50. The first-order chi connectivity index (χ1) is 27.3. The van der Waals surface area contributed by atoms with Crippen LogP contribution < -0.4 is 9.47 Å². The third-order valence-corrected chi connectivity index (χ3v) is 11.5. The number of ether oxygens (including phenoxy) is 2. The molecule has 0 fully saturated rings. The van der Waals surface area contributed by atoms with Crippen molar-refractivity contribution in [2.75, 3.05) is 14.2 Å². The van der Waals surface area contributed by atoms with Crippen molar-refractivity contribution in [3.8, 4) is 45.6 Å². The third kappa shape index (κ3) is 7.65. The fraction of sp³-hybridized carbons (Fsp3) is 0.200. The number of hydrogen-bond acceptors (Lipinski definition) is 12. The minimum atomic E-state index is 0.448. The first kappa shape index (κ1) is 36.7. The third-order valence-electron chi connectivity index (χ3n) is 9.16. The molecule has 0 aliphatic rings. The minimum absolute atomic E-state index is 0.448. The van der Waals surface area contributed by atoms with E-state index in [-0.39, 0.29) is 0 Å². The van der Waals surface area contributed by atoms with E-state index in [4.69, 9.17) is 29.9 Å². The maximum Gasteiger partial charge on any atom is 0.209 e. The van der Waals surface area contributed by atoms with Crippen LogP contribution in [0.2, 0.25) is 0 Å². The molecule has 14 nitrogen and oxygen atoms in total. The van der Waals surface area contributed by atoms with Gasteiger partial charge in [-0.25, -0.2) is 9.36 Å². The highest BCUT2D eigenvalue weighted by Gasteiger charge is 2.25. The fourth-order valence-corrected chi connectivity index (χ4v) is 8.77. The van der Waals surface area contributed by atoms with Crippen molar-refractivity contribution in [1.82, 2.24) is 60.0 Å². The molecule has 0 aliphatic heterocycles. The van der Waals surface area contributed by atoms with Crippen molar-refractivity contribution in [3.63, 3.8) is 0 Å². The molecule has 0 spiro atoms. The highest BCUT2D eigenvalue weighted by atomic mass is 33.1. The van der Waals surface area contributed by atoms with Crippen LogP contribution in [0, 0.1) is 27.7 Å². The van der Waals surface area contributed by atoms with Gasteiger partial charge in [-0.2, -0.15) is 19.8 Å². The second-order valence-electron chi connectivity index (χ2n) is 13.3. The maximum atomic E-state index is 5.32. The van der Waals surface area contributed by atoms with Crippen molar-refractivity contribution < 1.29 is 9.47 Å². The van der Waals surface area contributed by atoms with Crippen molar-refractivity contribution in [3.05, 3.63) is 131 Å². The number of methoxy groups -OCH3 is 2. The van der Waals surface area contributed by atoms with Crippen LogP contribution in [0.3, 0.4) is 0 Å². The Morgan fingerprint density at radius 2 is 0.946 bits per heavy atom. The van der Waals surface area contributed by atoms with Gasteiger partial charge in [0, 0.05) is 0 Å². The van der Waals surface area contributed by atoms with Crippen molar-refractivity contribution in [1.29, 1.82) is 0 Å². The molecular weight excluding hydrogens is 745 g/mol. The van der Waals surface area contributed by atoms with Crippen LogP contribution in [0.1, 0.15) is 33.4 Å². The summed E-state index contributed by atoms with van der Waals surface area (Å²) in [6, 6.07) is 28.3. The summed E-state index contributed by atoms with van der Waals surface area (Å²) in [5.41, 5.74) is 9.92. The van der Waals surface area contributed by atoms with Gasteiger partial charge in [0.05, 0.1) is 62.2 Å². The van der Waals surface area contributed by atoms with Gasteiger partial charge in [-0.1, -0.05) is 59.7 Å². The molecule has 0 radical (unpaired) electrons. The summed E-state index contributed by atoms with van der Waals surface area (Å²) in [4.78, 5) is 3.17. The fourth-order valence-electron chi connectivity index (χ4n) is 6.27. The Bertz CT molecular complexity index is 2450. The van der Waals surface area contributed by atoms with Crippen molar-refractivity contribution >= 4 is 21.6 Å². The Kier molecular flexibility index (Phi) is 10.4. The number of rotatable bonds is 13. The van der Waals surface area contributed by atoms with Crippen LogP contribution >= 0.6 is 21.6 Å². The zero-order chi connectivity index (χ0) is 38.8. The smallest absolute Gasteiger partial charge is 0.209 e. The Morgan fingerprint density at radius 3 is 1.32 bits per heavy atom. The molecule has 0 saturated carbocycles. The molecule has 16 heteroatoms. The highest BCUT2D eigenvalue weighted by Crippen LogP contribution is 2.46. The molecule has 0 saturated heterocycles. The Morgan fingerprint density at radius 1 is 0.536 bits per heavy atom. The summed E-state index contributed by atoms with van der Waals surface area (Å²) < 4.78 is 14.5. The lowest BCUT2D eigenvalue weighted by Gasteiger charge is -2.13. The molecule has 0 atom stereocenters. The van der Waals surface area contributed by atoms with E-state index >= 15 is 0 Å². The van der Waals surface area contributed by atoms with Crippen LogP contribution in [0.5, 0.6) is 11.5 Å². The molecule has 0 aliphatic carbocycles. The molecule has 0 amide bonds. The van der Waals surface area contributed by atoms with Gasteiger partial charge in [-0.3, -0.25) is 0 Å². The normalized spacial score (nSPS) is 11.3. The monoisotopic (exact) mass is 782 g/mol. The zero-order valence-electron chi connectivity index (χ0n) is 31.7. The number of hydrogen-bond donors (Lipinski definition) is 0. The van der Waals surface area contributed by atoms with Gasteiger partial charge in [-0.05, 0) is 118 Å². The Balaban J connectivity index is 1.17. The SMILES string of the molecule is COc1ccc(Cn2nnc(-c3cnn(-c4ccc(C)cc4C)c3SSc3c(-c4nnn(Cc5ccc(OC)cc5)n4)cnn3-c3ccc(C)cc3C)n2)cc1.